The molecule has 0 bridgehead atoms. The number of nitrogens with zero attached hydrogens (tertiary/aromatic N) is 2. The lowest BCUT2D eigenvalue weighted by atomic mass is 10.1. The third-order valence-electron chi connectivity index (χ3n) is 4.22. The summed E-state index contributed by atoms with van der Waals surface area (Å²) in [6, 6.07) is 23.9. The molecule has 0 aliphatic heterocycles. The molecule has 0 fully saturated rings. The number of benzene rings is 3. The standard InChI is InChI=1S/C21H14ClN3O2/c22-16-11-12-18(25(26)27)17(13-16)21-23-19(14-7-3-1-4-8-14)20(24-21)15-9-5-2-6-10-15/h1-13H,(H,23,24). The Morgan fingerprint density at radius 2 is 1.52 bits per heavy atom. The van der Waals surface area contributed by atoms with Crippen molar-refractivity contribution in [2.24, 2.45) is 0 Å². The first-order chi connectivity index (χ1) is 13.1. The average molecular weight is 376 g/mol. The van der Waals surface area contributed by atoms with Crippen molar-refractivity contribution in [1.29, 1.82) is 0 Å². The molecule has 0 atom stereocenters. The summed E-state index contributed by atoms with van der Waals surface area (Å²) in [5.74, 6) is 0.405. The van der Waals surface area contributed by atoms with Gasteiger partial charge in [0.15, 0.2) is 0 Å². The van der Waals surface area contributed by atoms with Crippen molar-refractivity contribution in [2.45, 2.75) is 0 Å². The molecular formula is C21H14ClN3O2. The van der Waals surface area contributed by atoms with E-state index in [2.05, 4.69) is 4.98 Å². The van der Waals surface area contributed by atoms with Crippen LogP contribution in [0.1, 0.15) is 0 Å². The Bertz CT molecular complexity index is 1050. The lowest BCUT2D eigenvalue weighted by Crippen LogP contribution is -1.93. The second kappa shape index (κ2) is 7.05. The molecule has 4 aromatic rings. The summed E-state index contributed by atoms with van der Waals surface area (Å²) in [6.45, 7) is 0. The van der Waals surface area contributed by atoms with Crippen LogP contribution in [0.2, 0.25) is 5.02 Å². The van der Waals surface area contributed by atoms with Crippen molar-refractivity contribution in [1.82, 2.24) is 9.97 Å². The minimum absolute atomic E-state index is 0.0487. The molecule has 0 radical (unpaired) electrons. The van der Waals surface area contributed by atoms with Gasteiger partial charge in [0.05, 0.1) is 21.9 Å². The summed E-state index contributed by atoms with van der Waals surface area (Å²) in [5, 5.41) is 11.9. The Labute approximate surface area is 160 Å². The van der Waals surface area contributed by atoms with Crippen molar-refractivity contribution >= 4 is 17.3 Å². The molecule has 1 N–H and O–H groups in total. The molecule has 0 spiro atoms. The largest absolute Gasteiger partial charge is 0.337 e. The number of halogens is 1. The van der Waals surface area contributed by atoms with Gasteiger partial charge >= 0.3 is 0 Å². The molecule has 4 rings (SSSR count). The summed E-state index contributed by atoms with van der Waals surface area (Å²) in [5.41, 5.74) is 3.69. The van der Waals surface area contributed by atoms with Crippen LogP contribution < -0.4 is 0 Å². The third kappa shape index (κ3) is 3.32. The number of hydrogen-bond acceptors (Lipinski definition) is 3. The van der Waals surface area contributed by atoms with E-state index < -0.39 is 4.92 Å². The van der Waals surface area contributed by atoms with Gasteiger partial charge in [-0.3, -0.25) is 10.1 Å². The van der Waals surface area contributed by atoms with E-state index in [-0.39, 0.29) is 5.69 Å². The van der Waals surface area contributed by atoms with Crippen LogP contribution in [0.3, 0.4) is 0 Å². The van der Waals surface area contributed by atoms with Crippen LogP contribution in [0, 0.1) is 10.1 Å². The smallest absolute Gasteiger partial charge is 0.280 e. The molecular weight excluding hydrogens is 362 g/mol. The Morgan fingerprint density at radius 1 is 0.889 bits per heavy atom. The third-order valence-corrected chi connectivity index (χ3v) is 4.46. The van der Waals surface area contributed by atoms with E-state index in [4.69, 9.17) is 16.6 Å². The van der Waals surface area contributed by atoms with E-state index >= 15 is 0 Å². The predicted molar refractivity (Wildman–Crippen MR) is 107 cm³/mol. The average Bonchev–Trinajstić information content (AvgIpc) is 3.14. The topological polar surface area (TPSA) is 71.8 Å². The Balaban J connectivity index is 1.96. The van der Waals surface area contributed by atoms with E-state index in [0.717, 1.165) is 22.5 Å². The number of aromatic nitrogens is 2. The van der Waals surface area contributed by atoms with Gasteiger partial charge in [-0.25, -0.2) is 4.98 Å². The number of nitro benzene ring substituents is 1. The number of rotatable bonds is 4. The summed E-state index contributed by atoms with van der Waals surface area (Å²) in [7, 11) is 0. The second-order valence-corrected chi connectivity index (χ2v) is 6.40. The fourth-order valence-electron chi connectivity index (χ4n) is 2.98. The molecule has 6 heteroatoms. The summed E-state index contributed by atoms with van der Waals surface area (Å²) in [6.07, 6.45) is 0. The van der Waals surface area contributed by atoms with Gasteiger partial charge in [0.2, 0.25) is 0 Å². The first kappa shape index (κ1) is 17.0. The number of nitrogens with one attached hydrogen (secondary N) is 1. The van der Waals surface area contributed by atoms with Crippen molar-refractivity contribution in [2.75, 3.05) is 0 Å². The predicted octanol–water partition coefficient (Wildman–Crippen LogP) is 5.97. The van der Waals surface area contributed by atoms with Gasteiger partial charge in [0.25, 0.3) is 5.69 Å². The Hall–Kier alpha value is -3.44. The fourth-order valence-corrected chi connectivity index (χ4v) is 3.15. The zero-order valence-electron chi connectivity index (χ0n) is 14.1. The number of nitro groups is 1. The van der Waals surface area contributed by atoms with Gasteiger partial charge in [-0.05, 0) is 12.1 Å². The maximum atomic E-state index is 11.5. The number of hydrogen-bond donors (Lipinski definition) is 1. The van der Waals surface area contributed by atoms with Crippen molar-refractivity contribution in [3.05, 3.63) is 94.0 Å². The highest BCUT2D eigenvalue weighted by Crippen LogP contribution is 2.36. The summed E-state index contributed by atoms with van der Waals surface area (Å²) >= 11 is 6.09. The van der Waals surface area contributed by atoms with Crippen molar-refractivity contribution in [3.63, 3.8) is 0 Å². The van der Waals surface area contributed by atoms with Crippen LogP contribution in [0.4, 0.5) is 5.69 Å². The first-order valence-corrected chi connectivity index (χ1v) is 8.66. The number of aromatic amines is 1. The van der Waals surface area contributed by atoms with E-state index in [0.29, 0.717) is 16.4 Å². The van der Waals surface area contributed by atoms with E-state index in [9.17, 15) is 10.1 Å². The molecule has 1 aromatic heterocycles. The fraction of sp³-hybridized carbons (Fsp3) is 0. The quantitative estimate of drug-likeness (QED) is 0.352. The lowest BCUT2D eigenvalue weighted by molar-refractivity contribution is -0.384. The highest BCUT2D eigenvalue weighted by atomic mass is 35.5. The van der Waals surface area contributed by atoms with Crippen LogP contribution in [0.25, 0.3) is 33.9 Å². The maximum Gasteiger partial charge on any atom is 0.280 e. The normalized spacial score (nSPS) is 10.7. The van der Waals surface area contributed by atoms with Gasteiger partial charge in [0.1, 0.15) is 5.82 Å². The van der Waals surface area contributed by atoms with Crippen LogP contribution in [0.5, 0.6) is 0 Å². The Kier molecular flexibility index (Phi) is 4.44. The molecule has 132 valence electrons. The Morgan fingerprint density at radius 3 is 2.15 bits per heavy atom. The van der Waals surface area contributed by atoms with Crippen molar-refractivity contribution < 1.29 is 4.92 Å². The van der Waals surface area contributed by atoms with Gasteiger partial charge < -0.3 is 4.98 Å². The van der Waals surface area contributed by atoms with Gasteiger partial charge in [-0.15, -0.1) is 0 Å². The number of H-pyrrole nitrogens is 1. The molecule has 3 aromatic carbocycles. The highest BCUT2D eigenvalue weighted by Gasteiger charge is 2.21. The van der Waals surface area contributed by atoms with Gasteiger partial charge in [-0.1, -0.05) is 72.3 Å². The first-order valence-electron chi connectivity index (χ1n) is 8.28. The summed E-state index contributed by atoms with van der Waals surface area (Å²) < 4.78 is 0. The molecule has 5 nitrogen and oxygen atoms in total. The van der Waals surface area contributed by atoms with Crippen LogP contribution >= 0.6 is 11.6 Å². The van der Waals surface area contributed by atoms with Gasteiger partial charge in [-0.2, -0.15) is 0 Å². The van der Waals surface area contributed by atoms with Gasteiger partial charge in [0, 0.05) is 22.2 Å². The van der Waals surface area contributed by atoms with Crippen LogP contribution in [-0.4, -0.2) is 14.9 Å². The van der Waals surface area contributed by atoms with E-state index in [1.807, 2.05) is 60.7 Å². The molecule has 0 saturated carbocycles. The van der Waals surface area contributed by atoms with Crippen LogP contribution in [0.15, 0.2) is 78.9 Å². The molecule has 27 heavy (non-hydrogen) atoms. The lowest BCUT2D eigenvalue weighted by Gasteiger charge is -2.02. The van der Waals surface area contributed by atoms with E-state index in [1.54, 1.807) is 6.07 Å². The molecule has 0 amide bonds. The minimum atomic E-state index is -0.432. The van der Waals surface area contributed by atoms with Crippen molar-refractivity contribution in [3.8, 4) is 33.9 Å². The summed E-state index contributed by atoms with van der Waals surface area (Å²) in [4.78, 5) is 19.0. The van der Waals surface area contributed by atoms with Crippen LogP contribution in [-0.2, 0) is 0 Å². The highest BCUT2D eigenvalue weighted by molar-refractivity contribution is 6.31. The minimum Gasteiger partial charge on any atom is -0.337 e. The van der Waals surface area contributed by atoms with E-state index in [1.165, 1.54) is 12.1 Å². The SMILES string of the molecule is O=[N+]([O-])c1ccc(Cl)cc1-c1nc(-c2ccccc2)c(-c2ccccc2)[nH]1. The monoisotopic (exact) mass is 375 g/mol. The molecule has 0 saturated heterocycles. The second-order valence-electron chi connectivity index (χ2n) is 5.96. The maximum absolute atomic E-state index is 11.5. The molecule has 1 heterocycles. The zero-order chi connectivity index (χ0) is 18.8. The number of imidazole rings is 1. The molecule has 0 unspecified atom stereocenters. The zero-order valence-corrected chi connectivity index (χ0v) is 14.9. The molecule has 0 aliphatic carbocycles. The molecule has 0 aliphatic rings.